The van der Waals surface area contributed by atoms with E-state index in [1.165, 1.54) is 12.1 Å². The van der Waals surface area contributed by atoms with Crippen LogP contribution < -0.4 is 5.73 Å². The van der Waals surface area contributed by atoms with Crippen LogP contribution in [0.5, 0.6) is 0 Å². The maximum atomic E-state index is 12.8. The summed E-state index contributed by atoms with van der Waals surface area (Å²) in [5.41, 5.74) is 6.23. The quantitative estimate of drug-likeness (QED) is 0.678. The van der Waals surface area contributed by atoms with E-state index in [0.29, 0.717) is 12.8 Å². The smallest absolute Gasteiger partial charge is 0.146 e. The molecule has 0 spiro atoms. The Morgan fingerprint density at radius 3 is 2.83 bits per heavy atom. The van der Waals surface area contributed by atoms with Crippen LogP contribution in [-0.4, -0.2) is 0 Å². The summed E-state index contributed by atoms with van der Waals surface area (Å²) in [6, 6.07) is 6.61. The molecule has 0 heterocycles. The molecule has 2 nitrogen and oxygen atoms in total. The van der Waals surface area contributed by atoms with Crippen LogP contribution in [0.1, 0.15) is 12.0 Å². The van der Waals surface area contributed by atoms with E-state index in [-0.39, 0.29) is 5.69 Å². The first kappa shape index (κ1) is 8.54. The van der Waals surface area contributed by atoms with Crippen LogP contribution in [0, 0.1) is 17.1 Å². The second kappa shape index (κ2) is 3.72. The molecule has 0 unspecified atom stereocenters. The third-order valence-electron chi connectivity index (χ3n) is 1.59. The van der Waals surface area contributed by atoms with Crippen LogP contribution in [0.2, 0.25) is 0 Å². The fraction of sp³-hybridized carbons (Fsp3) is 0.222. The van der Waals surface area contributed by atoms with Gasteiger partial charge >= 0.3 is 0 Å². The predicted molar refractivity (Wildman–Crippen MR) is 44.7 cm³/mol. The fourth-order valence-corrected chi connectivity index (χ4v) is 0.926. The van der Waals surface area contributed by atoms with Gasteiger partial charge < -0.3 is 5.73 Å². The molecule has 1 aromatic carbocycles. The molecule has 0 saturated heterocycles. The highest BCUT2D eigenvalue weighted by atomic mass is 19.1. The number of nitrogens with two attached hydrogens (primary N) is 1. The Kier molecular flexibility index (Phi) is 2.65. The SMILES string of the molecule is N#CCCc1ccc(N)c(F)c1. The van der Waals surface area contributed by atoms with Gasteiger partial charge in [0.15, 0.2) is 0 Å². The Morgan fingerprint density at radius 1 is 1.50 bits per heavy atom. The molecular formula is C9H9FN2. The third-order valence-corrected chi connectivity index (χ3v) is 1.59. The van der Waals surface area contributed by atoms with Crippen molar-refractivity contribution < 1.29 is 4.39 Å². The van der Waals surface area contributed by atoms with Gasteiger partial charge in [-0.2, -0.15) is 5.26 Å². The van der Waals surface area contributed by atoms with Gasteiger partial charge in [-0.3, -0.25) is 0 Å². The Labute approximate surface area is 70.4 Å². The van der Waals surface area contributed by atoms with E-state index in [0.717, 1.165) is 5.56 Å². The lowest BCUT2D eigenvalue weighted by Crippen LogP contribution is -1.92. The maximum absolute atomic E-state index is 12.8. The molecule has 0 aliphatic heterocycles. The zero-order chi connectivity index (χ0) is 8.97. The summed E-state index contributed by atoms with van der Waals surface area (Å²) in [5, 5.41) is 8.28. The van der Waals surface area contributed by atoms with Crippen LogP contribution in [0.3, 0.4) is 0 Å². The molecule has 0 aliphatic rings. The van der Waals surface area contributed by atoms with Gasteiger partial charge in [0.25, 0.3) is 0 Å². The van der Waals surface area contributed by atoms with Crippen LogP contribution in [0.4, 0.5) is 10.1 Å². The Bertz CT molecular complexity index is 315. The van der Waals surface area contributed by atoms with Crippen molar-refractivity contribution in [3.8, 4) is 6.07 Å². The topological polar surface area (TPSA) is 49.8 Å². The number of nitrogens with zero attached hydrogens (tertiary/aromatic N) is 1. The lowest BCUT2D eigenvalue weighted by Gasteiger charge is -1.99. The zero-order valence-corrected chi connectivity index (χ0v) is 6.55. The number of aryl methyl sites for hydroxylation is 1. The van der Waals surface area contributed by atoms with E-state index in [4.69, 9.17) is 11.0 Å². The monoisotopic (exact) mass is 164 g/mol. The van der Waals surface area contributed by atoms with E-state index in [9.17, 15) is 4.39 Å². The molecule has 0 amide bonds. The van der Waals surface area contributed by atoms with Crippen molar-refractivity contribution in [2.24, 2.45) is 0 Å². The summed E-state index contributed by atoms with van der Waals surface area (Å²) >= 11 is 0. The summed E-state index contributed by atoms with van der Waals surface area (Å²) in [6.07, 6.45) is 0.983. The third kappa shape index (κ3) is 1.96. The van der Waals surface area contributed by atoms with Crippen LogP contribution in [0.25, 0.3) is 0 Å². The minimum atomic E-state index is -0.412. The van der Waals surface area contributed by atoms with Crippen LogP contribution in [0.15, 0.2) is 18.2 Å². The fourth-order valence-electron chi connectivity index (χ4n) is 0.926. The first-order valence-corrected chi connectivity index (χ1v) is 3.65. The van der Waals surface area contributed by atoms with Crippen molar-refractivity contribution >= 4 is 5.69 Å². The van der Waals surface area contributed by atoms with Crippen molar-refractivity contribution in [1.29, 1.82) is 5.26 Å². The molecule has 0 radical (unpaired) electrons. The molecule has 1 aromatic rings. The standard InChI is InChI=1S/C9H9FN2/c10-8-6-7(2-1-5-11)3-4-9(8)12/h3-4,6H,1-2,12H2. The van der Waals surface area contributed by atoms with Gasteiger partial charge in [-0.05, 0) is 24.1 Å². The highest BCUT2D eigenvalue weighted by molar-refractivity contribution is 5.41. The van der Waals surface area contributed by atoms with Gasteiger partial charge in [0.2, 0.25) is 0 Å². The van der Waals surface area contributed by atoms with Crippen LogP contribution in [-0.2, 0) is 6.42 Å². The largest absolute Gasteiger partial charge is 0.396 e. The number of hydrogen-bond acceptors (Lipinski definition) is 2. The first-order valence-electron chi connectivity index (χ1n) is 3.65. The van der Waals surface area contributed by atoms with Gasteiger partial charge in [0, 0.05) is 6.42 Å². The van der Waals surface area contributed by atoms with Crippen molar-refractivity contribution in [2.45, 2.75) is 12.8 Å². The lowest BCUT2D eigenvalue weighted by molar-refractivity contribution is 0.630. The molecular weight excluding hydrogens is 155 g/mol. The second-order valence-electron chi connectivity index (χ2n) is 2.51. The molecule has 62 valence electrons. The number of nitrogen functional groups attached to an aromatic ring is 1. The molecule has 0 aromatic heterocycles. The van der Waals surface area contributed by atoms with Crippen molar-refractivity contribution in [1.82, 2.24) is 0 Å². The average molecular weight is 164 g/mol. The highest BCUT2D eigenvalue weighted by Gasteiger charge is 1.98. The van der Waals surface area contributed by atoms with Gasteiger partial charge in [0.05, 0.1) is 11.8 Å². The summed E-state index contributed by atoms with van der Waals surface area (Å²) in [5.74, 6) is -0.412. The summed E-state index contributed by atoms with van der Waals surface area (Å²) in [4.78, 5) is 0. The molecule has 12 heavy (non-hydrogen) atoms. The van der Waals surface area contributed by atoms with Gasteiger partial charge in [0.1, 0.15) is 5.82 Å². The van der Waals surface area contributed by atoms with E-state index in [2.05, 4.69) is 0 Å². The Balaban J connectivity index is 2.77. The van der Waals surface area contributed by atoms with E-state index < -0.39 is 5.82 Å². The van der Waals surface area contributed by atoms with Crippen molar-refractivity contribution in [3.05, 3.63) is 29.6 Å². The van der Waals surface area contributed by atoms with Gasteiger partial charge in [-0.25, -0.2) is 4.39 Å². The Hall–Kier alpha value is -1.56. The van der Waals surface area contributed by atoms with E-state index >= 15 is 0 Å². The lowest BCUT2D eigenvalue weighted by atomic mass is 10.1. The molecule has 0 aliphatic carbocycles. The maximum Gasteiger partial charge on any atom is 0.146 e. The average Bonchev–Trinajstić information content (AvgIpc) is 2.07. The minimum Gasteiger partial charge on any atom is -0.396 e. The van der Waals surface area contributed by atoms with E-state index in [1.54, 1.807) is 6.07 Å². The van der Waals surface area contributed by atoms with E-state index in [1.807, 2.05) is 6.07 Å². The summed E-state index contributed by atoms with van der Waals surface area (Å²) in [6.45, 7) is 0. The van der Waals surface area contributed by atoms with Gasteiger partial charge in [-0.1, -0.05) is 6.07 Å². The molecule has 3 heteroatoms. The van der Waals surface area contributed by atoms with Crippen molar-refractivity contribution in [3.63, 3.8) is 0 Å². The number of halogens is 1. The zero-order valence-electron chi connectivity index (χ0n) is 6.55. The number of anilines is 1. The van der Waals surface area contributed by atoms with Gasteiger partial charge in [-0.15, -0.1) is 0 Å². The summed E-state index contributed by atoms with van der Waals surface area (Å²) < 4.78 is 12.8. The Morgan fingerprint density at radius 2 is 2.25 bits per heavy atom. The number of hydrogen-bond donors (Lipinski definition) is 1. The number of benzene rings is 1. The summed E-state index contributed by atoms with van der Waals surface area (Å²) in [7, 11) is 0. The molecule has 1 rings (SSSR count). The highest BCUT2D eigenvalue weighted by Crippen LogP contribution is 2.12. The second-order valence-corrected chi connectivity index (χ2v) is 2.51. The predicted octanol–water partition coefficient (Wildman–Crippen LogP) is 1.86. The number of rotatable bonds is 2. The normalized spacial score (nSPS) is 9.33. The molecule has 0 atom stereocenters. The molecule has 0 saturated carbocycles. The molecule has 2 N–H and O–H groups in total. The van der Waals surface area contributed by atoms with Crippen LogP contribution >= 0.6 is 0 Å². The van der Waals surface area contributed by atoms with Crippen molar-refractivity contribution in [2.75, 3.05) is 5.73 Å². The first-order chi connectivity index (χ1) is 5.74. The minimum absolute atomic E-state index is 0.149. The number of nitriles is 1. The molecule has 0 bridgehead atoms. The molecule has 0 fully saturated rings.